The Balaban J connectivity index is 1.56. The number of hydrogen-bond acceptors (Lipinski definition) is 3. The lowest BCUT2D eigenvalue weighted by molar-refractivity contribution is 0.0968. The van der Waals surface area contributed by atoms with Crippen molar-refractivity contribution in [3.63, 3.8) is 0 Å². The zero-order valence-electron chi connectivity index (χ0n) is 12.5. The molecule has 2 heterocycles. The average Bonchev–Trinajstić information content (AvgIpc) is 2.49. The van der Waals surface area contributed by atoms with Crippen molar-refractivity contribution >= 4 is 5.69 Å². The van der Waals surface area contributed by atoms with E-state index in [1.54, 1.807) is 0 Å². The van der Waals surface area contributed by atoms with Crippen LogP contribution in [0.3, 0.4) is 0 Å². The summed E-state index contributed by atoms with van der Waals surface area (Å²) in [5.74, 6) is 0.768. The summed E-state index contributed by atoms with van der Waals surface area (Å²) in [7, 11) is 1.81. The molecular weight excluding hydrogens is 248 g/mol. The summed E-state index contributed by atoms with van der Waals surface area (Å²) in [6, 6.07) is 6.96. The number of aryl methyl sites for hydroxylation is 1. The smallest absolute Gasteiger partial charge is 0.0491 e. The number of rotatable bonds is 4. The van der Waals surface area contributed by atoms with Crippen molar-refractivity contribution in [2.24, 2.45) is 5.92 Å². The molecule has 1 aromatic carbocycles. The van der Waals surface area contributed by atoms with Gasteiger partial charge in [-0.2, -0.15) is 0 Å². The molecule has 1 saturated heterocycles. The van der Waals surface area contributed by atoms with Crippen molar-refractivity contribution in [1.82, 2.24) is 4.90 Å². The first-order chi connectivity index (χ1) is 9.85. The fourth-order valence-corrected chi connectivity index (χ4v) is 3.43. The van der Waals surface area contributed by atoms with Gasteiger partial charge in [0.15, 0.2) is 0 Å². The Morgan fingerprint density at radius 3 is 2.95 bits per heavy atom. The molecular formula is C17H26N2O. The van der Waals surface area contributed by atoms with Crippen LogP contribution in [0.25, 0.3) is 0 Å². The number of ether oxygens (including phenoxy) is 1. The summed E-state index contributed by atoms with van der Waals surface area (Å²) in [5, 5.41) is 3.49. The average molecular weight is 274 g/mol. The molecule has 3 nitrogen and oxygen atoms in total. The fourth-order valence-electron chi connectivity index (χ4n) is 3.43. The maximum Gasteiger partial charge on any atom is 0.0491 e. The highest BCUT2D eigenvalue weighted by Gasteiger charge is 2.19. The van der Waals surface area contributed by atoms with Gasteiger partial charge < -0.3 is 10.1 Å². The van der Waals surface area contributed by atoms with Crippen LogP contribution in [0.15, 0.2) is 18.2 Å². The van der Waals surface area contributed by atoms with E-state index in [1.807, 2.05) is 7.11 Å². The third-order valence-electron chi connectivity index (χ3n) is 4.62. The van der Waals surface area contributed by atoms with E-state index in [0.29, 0.717) is 0 Å². The van der Waals surface area contributed by atoms with Gasteiger partial charge in [-0.25, -0.2) is 0 Å². The third-order valence-corrected chi connectivity index (χ3v) is 4.62. The third kappa shape index (κ3) is 3.33. The van der Waals surface area contributed by atoms with Crippen LogP contribution in [0.2, 0.25) is 0 Å². The first kappa shape index (κ1) is 13.9. The molecule has 110 valence electrons. The first-order valence-electron chi connectivity index (χ1n) is 7.92. The van der Waals surface area contributed by atoms with Crippen LogP contribution in [-0.2, 0) is 17.7 Å². The summed E-state index contributed by atoms with van der Waals surface area (Å²) in [5.41, 5.74) is 4.32. The molecule has 0 atom stereocenters. The second-order valence-electron chi connectivity index (χ2n) is 6.20. The second kappa shape index (κ2) is 6.59. The Labute approximate surface area is 122 Å². The maximum atomic E-state index is 5.27. The highest BCUT2D eigenvalue weighted by Crippen LogP contribution is 2.25. The van der Waals surface area contributed by atoms with Gasteiger partial charge >= 0.3 is 0 Å². The minimum absolute atomic E-state index is 0.768. The van der Waals surface area contributed by atoms with E-state index in [2.05, 4.69) is 28.4 Å². The molecule has 3 heteroatoms. The van der Waals surface area contributed by atoms with Crippen LogP contribution in [0.4, 0.5) is 5.69 Å². The molecule has 0 bridgehead atoms. The summed E-state index contributed by atoms with van der Waals surface area (Å²) < 4.78 is 5.27. The number of nitrogens with zero attached hydrogens (tertiary/aromatic N) is 1. The minimum atomic E-state index is 0.768. The Bertz CT molecular complexity index is 439. The highest BCUT2D eigenvalue weighted by atomic mass is 16.5. The van der Waals surface area contributed by atoms with Crippen LogP contribution in [-0.4, -0.2) is 38.3 Å². The first-order valence-corrected chi connectivity index (χ1v) is 7.92. The quantitative estimate of drug-likeness (QED) is 0.913. The number of methoxy groups -OCH3 is 1. The highest BCUT2D eigenvalue weighted by molar-refractivity contribution is 5.54. The number of likely N-dealkylation sites (tertiary alicyclic amines) is 1. The number of piperidine rings is 1. The largest absolute Gasteiger partial charge is 0.385 e. The maximum absolute atomic E-state index is 5.27. The van der Waals surface area contributed by atoms with Crippen molar-refractivity contribution in [1.29, 1.82) is 0 Å². The molecule has 0 aliphatic carbocycles. The molecule has 1 fully saturated rings. The summed E-state index contributed by atoms with van der Waals surface area (Å²) in [6.45, 7) is 5.58. The molecule has 1 aromatic rings. The molecule has 0 spiro atoms. The van der Waals surface area contributed by atoms with Crippen molar-refractivity contribution in [2.75, 3.05) is 38.7 Å². The minimum Gasteiger partial charge on any atom is -0.385 e. The molecule has 0 aromatic heterocycles. The Hall–Kier alpha value is -1.06. The van der Waals surface area contributed by atoms with Gasteiger partial charge in [-0.05, 0) is 61.9 Å². The van der Waals surface area contributed by atoms with Crippen molar-refractivity contribution in [3.8, 4) is 0 Å². The molecule has 20 heavy (non-hydrogen) atoms. The van der Waals surface area contributed by atoms with Gasteiger partial charge in [0.2, 0.25) is 0 Å². The fraction of sp³-hybridized carbons (Fsp3) is 0.647. The molecule has 0 amide bonds. The van der Waals surface area contributed by atoms with Gasteiger partial charge in [0.05, 0.1) is 0 Å². The van der Waals surface area contributed by atoms with E-state index in [9.17, 15) is 0 Å². The molecule has 1 N–H and O–H groups in total. The van der Waals surface area contributed by atoms with Crippen LogP contribution in [0.1, 0.15) is 30.4 Å². The van der Waals surface area contributed by atoms with Gasteiger partial charge in [-0.3, -0.25) is 4.90 Å². The lowest BCUT2D eigenvalue weighted by Gasteiger charge is -2.32. The number of hydrogen-bond donors (Lipinski definition) is 1. The van der Waals surface area contributed by atoms with Crippen LogP contribution >= 0.6 is 0 Å². The number of anilines is 1. The predicted molar refractivity (Wildman–Crippen MR) is 83.1 cm³/mol. The van der Waals surface area contributed by atoms with Crippen LogP contribution < -0.4 is 5.32 Å². The topological polar surface area (TPSA) is 24.5 Å². The molecule has 0 unspecified atom stereocenters. The summed E-state index contributed by atoms with van der Waals surface area (Å²) >= 11 is 0. The predicted octanol–water partition coefficient (Wildman–Crippen LogP) is 2.90. The normalized spacial score (nSPS) is 20.4. The van der Waals surface area contributed by atoms with Gasteiger partial charge in [0.1, 0.15) is 0 Å². The number of nitrogens with one attached hydrogen (secondary N) is 1. The zero-order valence-corrected chi connectivity index (χ0v) is 12.5. The SMILES string of the molecule is COCC1CCN(Cc2ccc3c(c2)CCCN3)CC1. The van der Waals surface area contributed by atoms with E-state index < -0.39 is 0 Å². The van der Waals surface area contributed by atoms with Crippen molar-refractivity contribution in [3.05, 3.63) is 29.3 Å². The van der Waals surface area contributed by atoms with Gasteiger partial charge in [-0.15, -0.1) is 0 Å². The van der Waals surface area contributed by atoms with Gasteiger partial charge in [0, 0.05) is 32.5 Å². The number of benzene rings is 1. The van der Waals surface area contributed by atoms with Crippen LogP contribution in [0, 0.1) is 5.92 Å². The van der Waals surface area contributed by atoms with E-state index >= 15 is 0 Å². The standard InChI is InChI=1S/C17H26N2O/c1-20-13-14-6-9-19(10-7-14)12-15-4-5-17-16(11-15)3-2-8-18-17/h4-5,11,14,18H,2-3,6-10,12-13H2,1H3. The molecule has 3 rings (SSSR count). The molecule has 0 saturated carbocycles. The van der Waals surface area contributed by atoms with E-state index in [1.165, 1.54) is 55.6 Å². The summed E-state index contributed by atoms with van der Waals surface area (Å²) in [4.78, 5) is 2.59. The lowest BCUT2D eigenvalue weighted by Crippen LogP contribution is -2.34. The van der Waals surface area contributed by atoms with E-state index in [4.69, 9.17) is 4.74 Å². The Kier molecular flexibility index (Phi) is 4.58. The molecule has 2 aliphatic heterocycles. The molecule has 0 radical (unpaired) electrons. The van der Waals surface area contributed by atoms with Crippen LogP contribution in [0.5, 0.6) is 0 Å². The van der Waals surface area contributed by atoms with Crippen molar-refractivity contribution in [2.45, 2.75) is 32.2 Å². The zero-order chi connectivity index (χ0) is 13.8. The van der Waals surface area contributed by atoms with Crippen molar-refractivity contribution < 1.29 is 4.74 Å². The molecule has 2 aliphatic rings. The lowest BCUT2D eigenvalue weighted by atomic mass is 9.96. The van der Waals surface area contributed by atoms with Gasteiger partial charge in [-0.1, -0.05) is 12.1 Å². The monoisotopic (exact) mass is 274 g/mol. The Morgan fingerprint density at radius 1 is 1.30 bits per heavy atom. The van der Waals surface area contributed by atoms with E-state index in [0.717, 1.165) is 25.6 Å². The second-order valence-corrected chi connectivity index (χ2v) is 6.20. The number of fused-ring (bicyclic) bond motifs is 1. The van der Waals surface area contributed by atoms with E-state index in [-0.39, 0.29) is 0 Å². The van der Waals surface area contributed by atoms with Gasteiger partial charge in [0.25, 0.3) is 0 Å². The summed E-state index contributed by atoms with van der Waals surface area (Å²) in [6.07, 6.45) is 5.05. The Morgan fingerprint density at radius 2 is 2.15 bits per heavy atom.